The van der Waals surface area contributed by atoms with E-state index in [0.717, 1.165) is 43.6 Å². The van der Waals surface area contributed by atoms with Crippen LogP contribution in [0.15, 0.2) is 43.5 Å². The van der Waals surface area contributed by atoms with Crippen molar-refractivity contribution in [3.63, 3.8) is 0 Å². The third kappa shape index (κ3) is 4.97. The minimum Gasteiger partial charge on any atom is -0.308 e. The van der Waals surface area contributed by atoms with Crippen molar-refractivity contribution in [2.45, 2.75) is 32.0 Å². The summed E-state index contributed by atoms with van der Waals surface area (Å²) < 4.78 is 0. The monoisotopic (exact) mass is 257 g/mol. The predicted molar refractivity (Wildman–Crippen MR) is 79.8 cm³/mol. The van der Waals surface area contributed by atoms with Crippen molar-refractivity contribution in [3.05, 3.63) is 54.9 Å². The van der Waals surface area contributed by atoms with E-state index in [-0.39, 0.29) is 0 Å². The standard InChI is InChI=1S/C16H23N3/c1-3-10-19(11-4-2)13-16-7-5-6-15(18-16)12-17-14-8-9-14/h3-7,14,17H,1-2,8-13H2. The number of aromatic nitrogens is 1. The molecule has 3 nitrogen and oxygen atoms in total. The molecule has 0 aromatic carbocycles. The molecule has 19 heavy (non-hydrogen) atoms. The van der Waals surface area contributed by atoms with Crippen LogP contribution in [0.25, 0.3) is 0 Å². The molecule has 1 aliphatic rings. The second-order valence-corrected chi connectivity index (χ2v) is 5.05. The first-order valence-corrected chi connectivity index (χ1v) is 6.94. The van der Waals surface area contributed by atoms with Crippen LogP contribution >= 0.6 is 0 Å². The first-order valence-electron chi connectivity index (χ1n) is 6.94. The SMILES string of the molecule is C=CCN(CC=C)Cc1cccc(CNC2CC2)n1. The molecule has 0 radical (unpaired) electrons. The largest absolute Gasteiger partial charge is 0.308 e. The molecular formula is C16H23N3. The Morgan fingerprint density at radius 1 is 1.21 bits per heavy atom. The van der Waals surface area contributed by atoms with Crippen molar-refractivity contribution in [1.82, 2.24) is 15.2 Å². The Morgan fingerprint density at radius 2 is 1.89 bits per heavy atom. The second kappa shape index (κ2) is 7.22. The molecule has 0 bridgehead atoms. The highest BCUT2D eigenvalue weighted by molar-refractivity contribution is 5.12. The van der Waals surface area contributed by atoms with Crippen LogP contribution in [-0.2, 0) is 13.1 Å². The van der Waals surface area contributed by atoms with Crippen LogP contribution in [0.5, 0.6) is 0 Å². The molecule has 1 aromatic heterocycles. The molecule has 0 amide bonds. The van der Waals surface area contributed by atoms with Gasteiger partial charge in [-0.2, -0.15) is 0 Å². The van der Waals surface area contributed by atoms with Crippen LogP contribution in [0.3, 0.4) is 0 Å². The number of hydrogen-bond donors (Lipinski definition) is 1. The molecule has 1 aromatic rings. The van der Waals surface area contributed by atoms with E-state index >= 15 is 0 Å². The molecule has 3 heteroatoms. The van der Waals surface area contributed by atoms with E-state index in [2.05, 4.69) is 41.6 Å². The molecule has 102 valence electrons. The van der Waals surface area contributed by atoms with Gasteiger partial charge in [-0.1, -0.05) is 18.2 Å². The van der Waals surface area contributed by atoms with Gasteiger partial charge < -0.3 is 5.32 Å². The topological polar surface area (TPSA) is 28.2 Å². The van der Waals surface area contributed by atoms with Gasteiger partial charge in [0.1, 0.15) is 0 Å². The zero-order valence-corrected chi connectivity index (χ0v) is 11.5. The van der Waals surface area contributed by atoms with Crippen molar-refractivity contribution in [2.75, 3.05) is 13.1 Å². The summed E-state index contributed by atoms with van der Waals surface area (Å²) in [6.07, 6.45) is 6.46. The maximum Gasteiger partial charge on any atom is 0.0548 e. The van der Waals surface area contributed by atoms with E-state index in [9.17, 15) is 0 Å². The smallest absolute Gasteiger partial charge is 0.0548 e. The van der Waals surface area contributed by atoms with Crippen LogP contribution in [0.4, 0.5) is 0 Å². The average molecular weight is 257 g/mol. The Labute approximate surface area is 116 Å². The van der Waals surface area contributed by atoms with Gasteiger partial charge in [-0.05, 0) is 25.0 Å². The molecule has 1 fully saturated rings. The molecule has 0 spiro atoms. The molecular weight excluding hydrogens is 234 g/mol. The summed E-state index contributed by atoms with van der Waals surface area (Å²) in [5.41, 5.74) is 2.24. The fourth-order valence-electron chi connectivity index (χ4n) is 2.05. The fourth-order valence-corrected chi connectivity index (χ4v) is 2.05. The predicted octanol–water partition coefficient (Wildman–Crippen LogP) is 2.51. The summed E-state index contributed by atoms with van der Waals surface area (Å²) in [5, 5.41) is 3.50. The van der Waals surface area contributed by atoms with Gasteiger partial charge in [0.05, 0.1) is 11.4 Å². The third-order valence-corrected chi connectivity index (χ3v) is 3.17. The molecule has 1 N–H and O–H groups in total. The van der Waals surface area contributed by atoms with Gasteiger partial charge >= 0.3 is 0 Å². The summed E-state index contributed by atoms with van der Waals surface area (Å²) in [4.78, 5) is 6.97. The zero-order valence-electron chi connectivity index (χ0n) is 11.5. The number of pyridine rings is 1. The Hall–Kier alpha value is -1.45. The van der Waals surface area contributed by atoms with Gasteiger partial charge in [0, 0.05) is 32.2 Å². The molecule has 2 rings (SSSR count). The van der Waals surface area contributed by atoms with Crippen molar-refractivity contribution < 1.29 is 0 Å². The molecule has 1 heterocycles. The Balaban J connectivity index is 1.91. The van der Waals surface area contributed by atoms with E-state index in [1.807, 2.05) is 12.2 Å². The number of rotatable bonds is 9. The van der Waals surface area contributed by atoms with Crippen LogP contribution in [-0.4, -0.2) is 29.0 Å². The van der Waals surface area contributed by atoms with Gasteiger partial charge in [0.15, 0.2) is 0 Å². The Bertz CT molecular complexity index is 414. The number of hydrogen-bond acceptors (Lipinski definition) is 3. The quantitative estimate of drug-likeness (QED) is 0.689. The summed E-state index contributed by atoms with van der Waals surface area (Å²) >= 11 is 0. The second-order valence-electron chi connectivity index (χ2n) is 5.05. The molecule has 0 saturated heterocycles. The number of nitrogens with zero attached hydrogens (tertiary/aromatic N) is 2. The lowest BCUT2D eigenvalue weighted by molar-refractivity contribution is 0.323. The summed E-state index contributed by atoms with van der Waals surface area (Å²) in [5.74, 6) is 0. The lowest BCUT2D eigenvalue weighted by Gasteiger charge is -2.18. The summed E-state index contributed by atoms with van der Waals surface area (Å²) in [6, 6.07) is 6.99. The highest BCUT2D eigenvalue weighted by Crippen LogP contribution is 2.19. The minimum atomic E-state index is 0.725. The third-order valence-electron chi connectivity index (χ3n) is 3.17. The molecule has 0 atom stereocenters. The number of nitrogens with one attached hydrogen (secondary N) is 1. The van der Waals surface area contributed by atoms with E-state index in [4.69, 9.17) is 4.98 Å². The first kappa shape index (κ1) is 14.0. The Kier molecular flexibility index (Phi) is 5.31. The van der Waals surface area contributed by atoms with Gasteiger partial charge in [-0.25, -0.2) is 0 Å². The van der Waals surface area contributed by atoms with Crippen LogP contribution in [0, 0.1) is 0 Å². The van der Waals surface area contributed by atoms with Gasteiger partial charge in [0.25, 0.3) is 0 Å². The van der Waals surface area contributed by atoms with Gasteiger partial charge in [-0.3, -0.25) is 9.88 Å². The van der Waals surface area contributed by atoms with Crippen molar-refractivity contribution in [3.8, 4) is 0 Å². The van der Waals surface area contributed by atoms with Crippen molar-refractivity contribution >= 4 is 0 Å². The normalized spacial score (nSPS) is 14.6. The fraction of sp³-hybridized carbons (Fsp3) is 0.438. The van der Waals surface area contributed by atoms with Crippen molar-refractivity contribution in [2.24, 2.45) is 0 Å². The average Bonchev–Trinajstić information content (AvgIpc) is 3.21. The minimum absolute atomic E-state index is 0.725. The first-order chi connectivity index (χ1) is 9.31. The van der Waals surface area contributed by atoms with E-state index < -0.39 is 0 Å². The summed E-state index contributed by atoms with van der Waals surface area (Å²) in [6.45, 7) is 11.0. The zero-order chi connectivity index (χ0) is 13.5. The van der Waals surface area contributed by atoms with E-state index in [1.54, 1.807) is 0 Å². The molecule has 1 aliphatic carbocycles. The van der Waals surface area contributed by atoms with E-state index in [0.29, 0.717) is 0 Å². The molecule has 1 saturated carbocycles. The van der Waals surface area contributed by atoms with Crippen LogP contribution < -0.4 is 5.32 Å². The lowest BCUT2D eigenvalue weighted by atomic mass is 10.2. The lowest BCUT2D eigenvalue weighted by Crippen LogP contribution is -2.24. The van der Waals surface area contributed by atoms with Gasteiger partial charge in [0.2, 0.25) is 0 Å². The maximum atomic E-state index is 4.70. The van der Waals surface area contributed by atoms with Crippen molar-refractivity contribution in [1.29, 1.82) is 0 Å². The van der Waals surface area contributed by atoms with Gasteiger partial charge in [-0.15, -0.1) is 13.2 Å². The highest BCUT2D eigenvalue weighted by Gasteiger charge is 2.20. The molecule has 0 aliphatic heterocycles. The van der Waals surface area contributed by atoms with Crippen LogP contribution in [0.1, 0.15) is 24.2 Å². The maximum absolute atomic E-state index is 4.70. The Morgan fingerprint density at radius 3 is 2.53 bits per heavy atom. The van der Waals surface area contributed by atoms with E-state index in [1.165, 1.54) is 12.8 Å². The summed E-state index contributed by atoms with van der Waals surface area (Å²) in [7, 11) is 0. The van der Waals surface area contributed by atoms with Crippen LogP contribution in [0.2, 0.25) is 0 Å². The highest BCUT2D eigenvalue weighted by atomic mass is 15.1. The molecule has 0 unspecified atom stereocenters.